The number of hydrogen-bond acceptors (Lipinski definition) is 6. The van der Waals surface area contributed by atoms with Crippen molar-refractivity contribution < 1.29 is 8.42 Å². The summed E-state index contributed by atoms with van der Waals surface area (Å²) in [6, 6.07) is 0. The summed E-state index contributed by atoms with van der Waals surface area (Å²) in [6.45, 7) is 1.25. The largest absolute Gasteiger partial charge is 0.355 e. The molecule has 1 aliphatic carbocycles. The fourth-order valence-corrected chi connectivity index (χ4v) is 5.66. The summed E-state index contributed by atoms with van der Waals surface area (Å²) < 4.78 is 23.4. The first kappa shape index (κ1) is 14.3. The Morgan fingerprint density at radius 2 is 2.14 bits per heavy atom. The van der Waals surface area contributed by atoms with Crippen molar-refractivity contribution in [2.24, 2.45) is 5.14 Å². The van der Waals surface area contributed by atoms with Crippen molar-refractivity contribution >= 4 is 37.4 Å². The highest BCUT2D eigenvalue weighted by Gasteiger charge is 2.31. The van der Waals surface area contributed by atoms with Gasteiger partial charge in [0.15, 0.2) is 0 Å². The second-order valence-electron chi connectivity index (χ2n) is 6.03. The molecule has 0 saturated carbocycles. The Bertz CT molecular complexity index is 831. The SMILES string of the molecule is NS(=O)(=O)[C@@H]1CCCN(c2ncnc3sc4c(c23)CCC4)C1. The third kappa shape index (κ3) is 2.29. The quantitative estimate of drug-likeness (QED) is 0.895. The van der Waals surface area contributed by atoms with Crippen LogP contribution in [0.15, 0.2) is 6.33 Å². The molecule has 1 saturated heterocycles. The highest BCUT2D eigenvalue weighted by atomic mass is 32.2. The number of aryl methyl sites for hydroxylation is 2. The van der Waals surface area contributed by atoms with E-state index >= 15 is 0 Å². The summed E-state index contributed by atoms with van der Waals surface area (Å²) in [5.74, 6) is 0.887. The van der Waals surface area contributed by atoms with Gasteiger partial charge in [0.1, 0.15) is 17.0 Å². The average molecular weight is 338 g/mol. The minimum atomic E-state index is -3.50. The van der Waals surface area contributed by atoms with Crippen LogP contribution in [0.25, 0.3) is 10.2 Å². The van der Waals surface area contributed by atoms with E-state index in [0.29, 0.717) is 13.0 Å². The fourth-order valence-electron chi connectivity index (χ4n) is 3.55. The van der Waals surface area contributed by atoms with Gasteiger partial charge in [-0.2, -0.15) is 0 Å². The van der Waals surface area contributed by atoms with Crippen LogP contribution >= 0.6 is 11.3 Å². The number of thiophene rings is 1. The highest BCUT2D eigenvalue weighted by molar-refractivity contribution is 7.89. The summed E-state index contributed by atoms with van der Waals surface area (Å²) in [7, 11) is -3.50. The van der Waals surface area contributed by atoms with E-state index in [2.05, 4.69) is 14.9 Å². The number of nitrogens with two attached hydrogens (primary N) is 1. The summed E-state index contributed by atoms with van der Waals surface area (Å²) >= 11 is 1.75. The lowest BCUT2D eigenvalue weighted by atomic mass is 10.1. The van der Waals surface area contributed by atoms with Gasteiger partial charge in [-0.1, -0.05) is 0 Å². The van der Waals surface area contributed by atoms with Gasteiger partial charge < -0.3 is 4.90 Å². The van der Waals surface area contributed by atoms with E-state index in [-0.39, 0.29) is 0 Å². The molecule has 0 bridgehead atoms. The molecule has 8 heteroatoms. The van der Waals surface area contributed by atoms with E-state index in [9.17, 15) is 8.42 Å². The maximum atomic E-state index is 11.7. The Balaban J connectivity index is 1.78. The Morgan fingerprint density at radius 3 is 2.95 bits per heavy atom. The van der Waals surface area contributed by atoms with Gasteiger partial charge in [0, 0.05) is 18.0 Å². The normalized spacial score (nSPS) is 22.2. The predicted octanol–water partition coefficient (Wildman–Crippen LogP) is 1.44. The molecular formula is C14H18N4O2S2. The van der Waals surface area contributed by atoms with Crippen LogP contribution in [0.2, 0.25) is 0 Å². The molecule has 1 aliphatic heterocycles. The lowest BCUT2D eigenvalue weighted by Gasteiger charge is -2.32. The van der Waals surface area contributed by atoms with E-state index in [1.807, 2.05) is 0 Å². The first-order valence-corrected chi connectivity index (χ1v) is 9.98. The van der Waals surface area contributed by atoms with Crippen LogP contribution in [0.3, 0.4) is 0 Å². The molecule has 0 spiro atoms. The zero-order chi connectivity index (χ0) is 15.3. The zero-order valence-corrected chi connectivity index (χ0v) is 13.8. The third-order valence-corrected chi connectivity index (χ3v) is 7.14. The monoisotopic (exact) mass is 338 g/mol. The van der Waals surface area contributed by atoms with Gasteiger partial charge in [0.05, 0.1) is 10.6 Å². The number of fused-ring (bicyclic) bond motifs is 3. The maximum Gasteiger partial charge on any atom is 0.213 e. The zero-order valence-electron chi connectivity index (χ0n) is 12.2. The molecular weight excluding hydrogens is 320 g/mol. The van der Waals surface area contributed by atoms with Crippen molar-refractivity contribution in [2.45, 2.75) is 37.4 Å². The van der Waals surface area contributed by atoms with Crippen LogP contribution in [-0.4, -0.2) is 36.7 Å². The number of rotatable bonds is 2. The molecule has 2 aromatic rings. The van der Waals surface area contributed by atoms with Crippen LogP contribution in [-0.2, 0) is 22.9 Å². The number of sulfonamides is 1. The van der Waals surface area contributed by atoms with E-state index in [0.717, 1.165) is 41.8 Å². The van der Waals surface area contributed by atoms with E-state index in [1.165, 1.54) is 16.9 Å². The number of primary sulfonamides is 1. The molecule has 6 nitrogen and oxygen atoms in total. The molecule has 1 fully saturated rings. The van der Waals surface area contributed by atoms with E-state index in [4.69, 9.17) is 5.14 Å². The molecule has 0 amide bonds. The average Bonchev–Trinajstić information content (AvgIpc) is 3.06. The van der Waals surface area contributed by atoms with E-state index in [1.54, 1.807) is 17.7 Å². The summed E-state index contributed by atoms with van der Waals surface area (Å²) in [4.78, 5) is 13.4. The minimum Gasteiger partial charge on any atom is -0.355 e. The Morgan fingerprint density at radius 1 is 1.27 bits per heavy atom. The lowest BCUT2D eigenvalue weighted by molar-refractivity contribution is 0.531. The smallest absolute Gasteiger partial charge is 0.213 e. The van der Waals surface area contributed by atoms with Gasteiger partial charge in [-0.05, 0) is 37.7 Å². The second kappa shape index (κ2) is 5.14. The fraction of sp³-hybridized carbons (Fsp3) is 0.571. The molecule has 3 heterocycles. The van der Waals surface area contributed by atoms with Crippen LogP contribution in [0.4, 0.5) is 5.82 Å². The first-order chi connectivity index (χ1) is 10.5. The van der Waals surface area contributed by atoms with Gasteiger partial charge in [-0.15, -0.1) is 11.3 Å². The van der Waals surface area contributed by atoms with Crippen molar-refractivity contribution in [2.75, 3.05) is 18.0 Å². The topological polar surface area (TPSA) is 89.2 Å². The standard InChI is InChI=1S/C14H18N4O2S2/c15-22(19,20)9-3-2-6-18(7-9)13-12-10-4-1-5-11(10)21-14(12)17-8-16-13/h8-9H,1-7H2,(H2,15,19,20)/t9-/m1/s1. The number of hydrogen-bond donors (Lipinski definition) is 1. The van der Waals surface area contributed by atoms with Gasteiger partial charge in [0.25, 0.3) is 0 Å². The van der Waals surface area contributed by atoms with Crippen LogP contribution in [0, 0.1) is 0 Å². The summed E-state index contributed by atoms with van der Waals surface area (Å²) in [5.41, 5.74) is 1.37. The Kier molecular flexibility index (Phi) is 3.35. The first-order valence-electron chi connectivity index (χ1n) is 7.56. The van der Waals surface area contributed by atoms with Crippen LogP contribution < -0.4 is 10.0 Å². The Hall–Kier alpha value is -1.25. The second-order valence-corrected chi connectivity index (χ2v) is 8.96. The van der Waals surface area contributed by atoms with Crippen LogP contribution in [0.5, 0.6) is 0 Å². The third-order valence-electron chi connectivity index (χ3n) is 4.62. The molecule has 2 N–H and O–H groups in total. The molecule has 1 atom stereocenters. The number of piperidine rings is 1. The van der Waals surface area contributed by atoms with Gasteiger partial charge in [0.2, 0.25) is 10.0 Å². The molecule has 0 radical (unpaired) electrons. The van der Waals surface area contributed by atoms with Crippen molar-refractivity contribution in [3.63, 3.8) is 0 Å². The molecule has 0 unspecified atom stereocenters. The number of nitrogens with zero attached hydrogens (tertiary/aromatic N) is 3. The van der Waals surface area contributed by atoms with Crippen molar-refractivity contribution in [3.8, 4) is 0 Å². The van der Waals surface area contributed by atoms with Gasteiger partial charge in [-0.3, -0.25) is 0 Å². The number of aromatic nitrogens is 2. The lowest BCUT2D eigenvalue weighted by Crippen LogP contribution is -2.45. The van der Waals surface area contributed by atoms with E-state index < -0.39 is 15.3 Å². The molecule has 2 aromatic heterocycles. The minimum absolute atomic E-state index is 0.426. The molecule has 2 aliphatic rings. The van der Waals surface area contributed by atoms with Gasteiger partial charge in [-0.25, -0.2) is 23.5 Å². The predicted molar refractivity (Wildman–Crippen MR) is 87.8 cm³/mol. The number of anilines is 1. The Labute approximate surface area is 133 Å². The van der Waals surface area contributed by atoms with Crippen molar-refractivity contribution in [1.82, 2.24) is 9.97 Å². The van der Waals surface area contributed by atoms with Crippen molar-refractivity contribution in [1.29, 1.82) is 0 Å². The molecule has 4 rings (SSSR count). The maximum absolute atomic E-state index is 11.7. The molecule has 0 aromatic carbocycles. The molecule has 118 valence electrons. The summed E-state index contributed by atoms with van der Waals surface area (Å²) in [6.07, 6.45) is 6.41. The van der Waals surface area contributed by atoms with Crippen molar-refractivity contribution in [3.05, 3.63) is 16.8 Å². The summed E-state index contributed by atoms with van der Waals surface area (Å²) in [5, 5.41) is 5.98. The highest BCUT2D eigenvalue weighted by Crippen LogP contribution is 2.40. The molecule has 22 heavy (non-hydrogen) atoms. The van der Waals surface area contributed by atoms with Gasteiger partial charge >= 0.3 is 0 Å². The van der Waals surface area contributed by atoms with Crippen LogP contribution in [0.1, 0.15) is 29.7 Å².